The van der Waals surface area contributed by atoms with Crippen molar-refractivity contribution in [3.8, 4) is 0 Å². The first-order valence-corrected chi connectivity index (χ1v) is 6.93. The molecule has 2 saturated heterocycles. The van der Waals surface area contributed by atoms with Gasteiger partial charge >= 0.3 is 0 Å². The Morgan fingerprint density at radius 1 is 1.30 bits per heavy atom. The van der Waals surface area contributed by atoms with Gasteiger partial charge in [0.25, 0.3) is 5.91 Å². The van der Waals surface area contributed by atoms with Gasteiger partial charge in [-0.3, -0.25) is 14.8 Å². The summed E-state index contributed by atoms with van der Waals surface area (Å²) in [6.07, 6.45) is 2.21. The fourth-order valence-electron chi connectivity index (χ4n) is 3.31. The van der Waals surface area contributed by atoms with Crippen LogP contribution in [0.3, 0.4) is 0 Å². The molecule has 0 spiro atoms. The van der Waals surface area contributed by atoms with Gasteiger partial charge in [0, 0.05) is 12.8 Å². The molecule has 0 aromatic heterocycles. The normalized spacial score (nSPS) is 29.8. The number of amides is 2. The minimum Gasteiger partial charge on any atom is -0.305 e. The second-order valence-corrected chi connectivity index (χ2v) is 5.69. The van der Waals surface area contributed by atoms with E-state index >= 15 is 0 Å². The van der Waals surface area contributed by atoms with Gasteiger partial charge in [-0.15, -0.1) is 0 Å². The molecule has 2 fully saturated rings. The van der Waals surface area contributed by atoms with Gasteiger partial charge in [-0.05, 0) is 25.3 Å². The van der Waals surface area contributed by atoms with Crippen LogP contribution in [0.1, 0.15) is 31.7 Å². The summed E-state index contributed by atoms with van der Waals surface area (Å²) >= 11 is 0. The van der Waals surface area contributed by atoms with E-state index in [2.05, 4.69) is 0 Å². The van der Waals surface area contributed by atoms with E-state index in [-0.39, 0.29) is 11.8 Å². The predicted molar refractivity (Wildman–Crippen MR) is 71.7 cm³/mol. The van der Waals surface area contributed by atoms with E-state index in [1.165, 1.54) is 0 Å². The molecular formula is C15H18N2O3. The first-order valence-electron chi connectivity index (χ1n) is 6.93. The minimum absolute atomic E-state index is 0.0513. The lowest BCUT2D eigenvalue weighted by Gasteiger charge is -2.42. The van der Waals surface area contributed by atoms with Crippen LogP contribution in [0.15, 0.2) is 30.3 Å². The number of benzene rings is 1. The van der Waals surface area contributed by atoms with Crippen molar-refractivity contribution in [1.29, 1.82) is 0 Å². The van der Waals surface area contributed by atoms with Crippen LogP contribution < -0.4 is 0 Å². The number of nitrogens with zero attached hydrogens (tertiary/aromatic N) is 2. The molecule has 2 aliphatic heterocycles. The molecule has 20 heavy (non-hydrogen) atoms. The van der Waals surface area contributed by atoms with Gasteiger partial charge in [-0.25, -0.2) is 0 Å². The second-order valence-electron chi connectivity index (χ2n) is 5.69. The Morgan fingerprint density at radius 3 is 2.70 bits per heavy atom. The number of hydrogen-bond acceptors (Lipinski definition) is 3. The monoisotopic (exact) mass is 274 g/mol. The molecule has 2 aliphatic rings. The molecule has 0 unspecified atom stereocenters. The molecular weight excluding hydrogens is 256 g/mol. The Bertz CT molecular complexity index is 545. The molecule has 5 heteroatoms. The van der Waals surface area contributed by atoms with E-state index < -0.39 is 11.7 Å². The summed E-state index contributed by atoms with van der Waals surface area (Å²) in [4.78, 5) is 26.1. The van der Waals surface area contributed by atoms with Gasteiger partial charge in [-0.2, -0.15) is 5.06 Å². The Kier molecular flexibility index (Phi) is 3.01. The zero-order valence-corrected chi connectivity index (χ0v) is 11.5. The lowest BCUT2D eigenvalue weighted by atomic mass is 9.95. The maximum atomic E-state index is 12.3. The van der Waals surface area contributed by atoms with Gasteiger partial charge in [0.1, 0.15) is 11.7 Å². The number of rotatable bonds is 2. The zero-order chi connectivity index (χ0) is 14.3. The van der Waals surface area contributed by atoms with Gasteiger partial charge < -0.3 is 4.90 Å². The molecule has 1 aromatic carbocycles. The molecule has 2 atom stereocenters. The standard InChI is InChI=1S/C15H18N2O3/c1-15-9-5-8-13(18)16(15)12(14(19)17(15)20)10-11-6-3-2-4-7-11/h2-4,6-7,12,20H,5,8-10H2,1H3/t12-,15+/m0/s1. The quantitative estimate of drug-likeness (QED) is 0.832. The first kappa shape index (κ1) is 13.1. The molecule has 1 N–H and O–H groups in total. The largest absolute Gasteiger partial charge is 0.305 e. The van der Waals surface area contributed by atoms with Crippen molar-refractivity contribution in [3.63, 3.8) is 0 Å². The fourth-order valence-corrected chi connectivity index (χ4v) is 3.31. The summed E-state index contributed by atoms with van der Waals surface area (Å²) in [6.45, 7) is 1.76. The average molecular weight is 274 g/mol. The van der Waals surface area contributed by atoms with Crippen LogP contribution in [0.2, 0.25) is 0 Å². The highest BCUT2D eigenvalue weighted by Gasteiger charge is 2.57. The van der Waals surface area contributed by atoms with E-state index in [4.69, 9.17) is 0 Å². The molecule has 1 aromatic rings. The van der Waals surface area contributed by atoms with E-state index in [0.29, 0.717) is 25.7 Å². The second kappa shape index (κ2) is 4.59. The van der Waals surface area contributed by atoms with Crippen molar-refractivity contribution in [2.75, 3.05) is 0 Å². The molecule has 0 radical (unpaired) electrons. The molecule has 5 nitrogen and oxygen atoms in total. The highest BCUT2D eigenvalue weighted by Crippen LogP contribution is 2.39. The summed E-state index contributed by atoms with van der Waals surface area (Å²) in [7, 11) is 0. The average Bonchev–Trinajstić information content (AvgIpc) is 2.63. The Labute approximate surface area is 117 Å². The van der Waals surface area contributed by atoms with Crippen molar-refractivity contribution in [3.05, 3.63) is 35.9 Å². The van der Waals surface area contributed by atoms with Gasteiger partial charge in [-0.1, -0.05) is 30.3 Å². The van der Waals surface area contributed by atoms with Crippen molar-refractivity contribution < 1.29 is 14.8 Å². The van der Waals surface area contributed by atoms with Crippen molar-refractivity contribution in [2.45, 2.75) is 44.3 Å². The highest BCUT2D eigenvalue weighted by atomic mass is 16.5. The van der Waals surface area contributed by atoms with Crippen LogP contribution in [-0.2, 0) is 16.0 Å². The summed E-state index contributed by atoms with van der Waals surface area (Å²) in [5.41, 5.74) is 0.105. The van der Waals surface area contributed by atoms with Crippen molar-refractivity contribution in [1.82, 2.24) is 9.96 Å². The number of hydroxylamine groups is 2. The highest BCUT2D eigenvalue weighted by molar-refractivity contribution is 5.92. The van der Waals surface area contributed by atoms with Crippen molar-refractivity contribution in [2.24, 2.45) is 0 Å². The Balaban J connectivity index is 1.93. The number of carbonyl (C=O) groups excluding carboxylic acids is 2. The van der Waals surface area contributed by atoms with Gasteiger partial charge in [0.2, 0.25) is 5.91 Å². The first-order chi connectivity index (χ1) is 9.54. The number of carbonyl (C=O) groups is 2. The SMILES string of the molecule is C[C@@]12CCCC(=O)N1[C@@H](Cc1ccccc1)C(=O)N2O. The molecule has 0 saturated carbocycles. The Morgan fingerprint density at radius 2 is 2.00 bits per heavy atom. The smallest absolute Gasteiger partial charge is 0.271 e. The molecule has 106 valence electrons. The number of piperidine rings is 1. The summed E-state index contributed by atoms with van der Waals surface area (Å²) in [5, 5.41) is 10.9. The van der Waals surface area contributed by atoms with E-state index in [0.717, 1.165) is 10.6 Å². The molecule has 2 heterocycles. The van der Waals surface area contributed by atoms with Crippen LogP contribution in [0.5, 0.6) is 0 Å². The maximum absolute atomic E-state index is 12.3. The van der Waals surface area contributed by atoms with Gasteiger partial charge in [0.15, 0.2) is 0 Å². The summed E-state index contributed by atoms with van der Waals surface area (Å²) < 4.78 is 0. The van der Waals surface area contributed by atoms with Crippen LogP contribution >= 0.6 is 0 Å². The number of fused-ring (bicyclic) bond motifs is 1. The lowest BCUT2D eigenvalue weighted by molar-refractivity contribution is -0.199. The van der Waals surface area contributed by atoms with Gasteiger partial charge in [0.05, 0.1) is 0 Å². The number of hydrogen-bond donors (Lipinski definition) is 1. The van der Waals surface area contributed by atoms with Crippen LogP contribution in [0.25, 0.3) is 0 Å². The molecule has 2 amide bonds. The molecule has 0 aliphatic carbocycles. The Hall–Kier alpha value is -1.88. The van der Waals surface area contributed by atoms with Crippen LogP contribution in [0.4, 0.5) is 0 Å². The van der Waals surface area contributed by atoms with E-state index in [1.54, 1.807) is 11.8 Å². The molecule has 3 rings (SSSR count). The van der Waals surface area contributed by atoms with Crippen LogP contribution in [-0.4, -0.2) is 38.7 Å². The third-order valence-electron chi connectivity index (χ3n) is 4.36. The summed E-state index contributed by atoms with van der Waals surface area (Å²) in [6, 6.07) is 8.98. The van der Waals surface area contributed by atoms with Crippen LogP contribution in [0, 0.1) is 0 Å². The third kappa shape index (κ3) is 1.81. The minimum atomic E-state index is -0.883. The molecule has 0 bridgehead atoms. The van der Waals surface area contributed by atoms with Crippen molar-refractivity contribution >= 4 is 11.8 Å². The predicted octanol–water partition coefficient (Wildman–Crippen LogP) is 1.56. The lowest BCUT2D eigenvalue weighted by Crippen LogP contribution is -2.56. The third-order valence-corrected chi connectivity index (χ3v) is 4.36. The fraction of sp³-hybridized carbons (Fsp3) is 0.467. The zero-order valence-electron chi connectivity index (χ0n) is 11.5. The summed E-state index contributed by atoms with van der Waals surface area (Å²) in [5.74, 6) is -0.434. The topological polar surface area (TPSA) is 60.9 Å². The van der Waals surface area contributed by atoms with E-state index in [1.807, 2.05) is 30.3 Å². The maximum Gasteiger partial charge on any atom is 0.271 e. The van der Waals surface area contributed by atoms with E-state index in [9.17, 15) is 14.8 Å².